The van der Waals surface area contributed by atoms with Crippen LogP contribution in [0.3, 0.4) is 0 Å². The highest BCUT2D eigenvalue weighted by Crippen LogP contribution is 2.26. The van der Waals surface area contributed by atoms with Gasteiger partial charge in [-0.1, -0.05) is 0 Å². The number of aryl methyl sites for hydroxylation is 1. The van der Waals surface area contributed by atoms with Gasteiger partial charge in [0.2, 0.25) is 0 Å². The number of amides is 2. The summed E-state index contributed by atoms with van der Waals surface area (Å²) in [5.41, 5.74) is 1.24. The van der Waals surface area contributed by atoms with Gasteiger partial charge in [0.1, 0.15) is 11.6 Å². The number of benzene rings is 3. The van der Waals surface area contributed by atoms with Crippen LogP contribution in [0.5, 0.6) is 0 Å². The molecule has 30 heavy (non-hydrogen) atoms. The van der Waals surface area contributed by atoms with Crippen LogP contribution in [0.1, 0.15) is 31.8 Å². The van der Waals surface area contributed by atoms with Crippen LogP contribution in [0.4, 0.5) is 20.2 Å². The zero-order valence-electron chi connectivity index (χ0n) is 15.6. The van der Waals surface area contributed by atoms with Gasteiger partial charge >= 0.3 is 0 Å². The number of carbonyl (C=O) groups is 2. The Morgan fingerprint density at radius 3 is 2.27 bits per heavy atom. The molecule has 0 aliphatic rings. The van der Waals surface area contributed by atoms with E-state index in [1.54, 1.807) is 6.92 Å². The first kappa shape index (κ1) is 21.1. The fourth-order valence-corrected chi connectivity index (χ4v) is 3.13. The summed E-state index contributed by atoms with van der Waals surface area (Å²) < 4.78 is 27.9. The lowest BCUT2D eigenvalue weighted by molar-refractivity contribution is 0.101. The molecule has 8 heteroatoms. The van der Waals surface area contributed by atoms with Crippen LogP contribution >= 0.6 is 15.9 Å². The van der Waals surface area contributed by atoms with Crippen LogP contribution in [0.15, 0.2) is 59.1 Å². The Kier molecular flexibility index (Phi) is 6.23. The van der Waals surface area contributed by atoms with Gasteiger partial charge in [-0.25, -0.2) is 8.78 Å². The first-order valence-corrected chi connectivity index (χ1v) is 9.46. The largest absolute Gasteiger partial charge is 0.322 e. The molecule has 0 bridgehead atoms. The molecule has 2 N–H and O–H groups in total. The molecular weight excluding hydrogens is 456 g/mol. The minimum absolute atomic E-state index is 0.0773. The SMILES string of the molecule is Cc1cc(NC(=O)c2cc(NC(=O)c3ccc(C#N)cc3)c(F)cc2Br)ccc1F. The number of hydrogen-bond donors (Lipinski definition) is 2. The maximum Gasteiger partial charge on any atom is 0.256 e. The molecule has 0 unspecified atom stereocenters. The summed E-state index contributed by atoms with van der Waals surface area (Å²) in [6.45, 7) is 1.57. The smallest absolute Gasteiger partial charge is 0.256 e. The minimum atomic E-state index is -0.738. The molecule has 5 nitrogen and oxygen atoms in total. The third-order valence-corrected chi connectivity index (χ3v) is 4.90. The maximum absolute atomic E-state index is 14.4. The third kappa shape index (κ3) is 4.70. The molecule has 0 saturated heterocycles. The van der Waals surface area contributed by atoms with Crippen molar-refractivity contribution >= 4 is 39.1 Å². The van der Waals surface area contributed by atoms with E-state index < -0.39 is 23.4 Å². The lowest BCUT2D eigenvalue weighted by Gasteiger charge is -2.12. The normalized spacial score (nSPS) is 10.2. The van der Waals surface area contributed by atoms with Gasteiger partial charge < -0.3 is 10.6 Å². The number of nitrogens with zero attached hydrogens (tertiary/aromatic N) is 1. The zero-order chi connectivity index (χ0) is 21.8. The van der Waals surface area contributed by atoms with E-state index in [0.29, 0.717) is 16.8 Å². The molecule has 0 aliphatic carbocycles. The second-order valence-corrected chi connectivity index (χ2v) is 7.23. The zero-order valence-corrected chi connectivity index (χ0v) is 17.2. The summed E-state index contributed by atoms with van der Waals surface area (Å²) in [6, 6.07) is 14.1. The van der Waals surface area contributed by atoms with Crippen LogP contribution in [-0.4, -0.2) is 11.8 Å². The van der Waals surface area contributed by atoms with Crippen molar-refractivity contribution in [1.29, 1.82) is 5.26 Å². The van der Waals surface area contributed by atoms with Gasteiger partial charge in [-0.15, -0.1) is 0 Å². The Balaban J connectivity index is 1.83. The van der Waals surface area contributed by atoms with Crippen molar-refractivity contribution in [1.82, 2.24) is 0 Å². The number of halogens is 3. The molecule has 0 heterocycles. The highest BCUT2D eigenvalue weighted by molar-refractivity contribution is 9.10. The van der Waals surface area contributed by atoms with E-state index in [2.05, 4.69) is 26.6 Å². The second kappa shape index (κ2) is 8.84. The van der Waals surface area contributed by atoms with Crippen molar-refractivity contribution < 1.29 is 18.4 Å². The van der Waals surface area contributed by atoms with Crippen molar-refractivity contribution in [3.8, 4) is 6.07 Å². The molecule has 0 fully saturated rings. The van der Waals surface area contributed by atoms with Gasteiger partial charge in [0.05, 0.1) is 22.9 Å². The van der Waals surface area contributed by atoms with Crippen molar-refractivity contribution in [2.24, 2.45) is 0 Å². The van der Waals surface area contributed by atoms with Crippen LogP contribution in [0.2, 0.25) is 0 Å². The van der Waals surface area contributed by atoms with E-state index in [4.69, 9.17) is 5.26 Å². The van der Waals surface area contributed by atoms with E-state index in [0.717, 1.165) is 6.07 Å². The van der Waals surface area contributed by atoms with Gasteiger partial charge in [-0.05, 0) is 83.0 Å². The topological polar surface area (TPSA) is 82.0 Å². The lowest BCUT2D eigenvalue weighted by atomic mass is 10.1. The maximum atomic E-state index is 14.4. The predicted octanol–water partition coefficient (Wildman–Crippen LogP) is 5.41. The molecule has 2 amide bonds. The molecular formula is C22H14BrF2N3O2. The highest BCUT2D eigenvalue weighted by atomic mass is 79.9. The first-order valence-electron chi connectivity index (χ1n) is 8.66. The monoisotopic (exact) mass is 469 g/mol. The predicted molar refractivity (Wildman–Crippen MR) is 112 cm³/mol. The van der Waals surface area contributed by atoms with E-state index in [-0.39, 0.29) is 21.3 Å². The summed E-state index contributed by atoms with van der Waals surface area (Å²) in [4.78, 5) is 25.0. The molecule has 3 rings (SSSR count). The Morgan fingerprint density at radius 2 is 1.63 bits per heavy atom. The van der Waals surface area contributed by atoms with Crippen LogP contribution < -0.4 is 10.6 Å². The molecule has 0 atom stereocenters. The van der Waals surface area contributed by atoms with Crippen LogP contribution in [0, 0.1) is 29.9 Å². The van der Waals surface area contributed by atoms with Gasteiger partial charge in [0.15, 0.2) is 0 Å². The standard InChI is InChI=1S/C22H14BrF2N3O2/c1-12-8-15(6-7-18(12)24)27-22(30)16-9-20(19(25)10-17(16)23)28-21(29)14-4-2-13(11-26)3-5-14/h2-10H,1H3,(H,27,30)(H,28,29). The summed E-state index contributed by atoms with van der Waals surface area (Å²) >= 11 is 3.14. The Labute approximate surface area is 179 Å². The molecule has 3 aromatic rings. The van der Waals surface area contributed by atoms with Crippen molar-refractivity contribution in [3.05, 3.63) is 93.0 Å². The van der Waals surface area contributed by atoms with E-state index in [1.165, 1.54) is 48.5 Å². The molecule has 0 aromatic heterocycles. The van der Waals surface area contributed by atoms with Crippen molar-refractivity contribution in [3.63, 3.8) is 0 Å². The average molecular weight is 470 g/mol. The molecule has 0 saturated carbocycles. The number of anilines is 2. The molecule has 3 aromatic carbocycles. The summed E-state index contributed by atoms with van der Waals surface area (Å²) in [7, 11) is 0. The highest BCUT2D eigenvalue weighted by Gasteiger charge is 2.17. The van der Waals surface area contributed by atoms with E-state index >= 15 is 0 Å². The van der Waals surface area contributed by atoms with Gasteiger partial charge in [0, 0.05) is 15.7 Å². The van der Waals surface area contributed by atoms with Crippen LogP contribution in [0.25, 0.3) is 0 Å². The Morgan fingerprint density at radius 1 is 0.933 bits per heavy atom. The number of rotatable bonds is 4. The lowest BCUT2D eigenvalue weighted by Crippen LogP contribution is -2.16. The van der Waals surface area contributed by atoms with E-state index in [9.17, 15) is 18.4 Å². The molecule has 0 aliphatic heterocycles. The first-order chi connectivity index (χ1) is 14.3. The number of nitriles is 1. The number of carbonyl (C=O) groups excluding carboxylic acids is 2. The fourth-order valence-electron chi connectivity index (χ4n) is 2.63. The third-order valence-electron chi connectivity index (χ3n) is 4.24. The molecule has 0 radical (unpaired) electrons. The molecule has 0 spiro atoms. The fraction of sp³-hybridized carbons (Fsp3) is 0.0455. The number of hydrogen-bond acceptors (Lipinski definition) is 3. The quantitative estimate of drug-likeness (QED) is 0.535. The van der Waals surface area contributed by atoms with Gasteiger partial charge in [0.25, 0.3) is 11.8 Å². The van der Waals surface area contributed by atoms with Crippen LogP contribution in [-0.2, 0) is 0 Å². The van der Waals surface area contributed by atoms with Crippen molar-refractivity contribution in [2.75, 3.05) is 10.6 Å². The Hall–Kier alpha value is -3.57. The average Bonchev–Trinajstić information content (AvgIpc) is 2.72. The summed E-state index contributed by atoms with van der Waals surface area (Å²) in [6.07, 6.45) is 0. The second-order valence-electron chi connectivity index (χ2n) is 6.37. The summed E-state index contributed by atoms with van der Waals surface area (Å²) in [5, 5.41) is 13.9. The number of nitrogens with one attached hydrogen (secondary N) is 2. The molecule has 150 valence electrons. The van der Waals surface area contributed by atoms with E-state index in [1.807, 2.05) is 6.07 Å². The summed E-state index contributed by atoms with van der Waals surface area (Å²) in [5.74, 6) is -2.30. The Bertz CT molecular complexity index is 1190. The minimum Gasteiger partial charge on any atom is -0.322 e. The van der Waals surface area contributed by atoms with Gasteiger partial charge in [-0.3, -0.25) is 9.59 Å². The van der Waals surface area contributed by atoms with Crippen molar-refractivity contribution in [2.45, 2.75) is 6.92 Å². The van der Waals surface area contributed by atoms with Gasteiger partial charge in [-0.2, -0.15) is 5.26 Å².